The van der Waals surface area contributed by atoms with Crippen molar-refractivity contribution in [1.29, 1.82) is 0 Å². The molecule has 1 aliphatic rings. The van der Waals surface area contributed by atoms with Gasteiger partial charge in [0, 0.05) is 5.69 Å². The maximum absolute atomic E-state index is 13.4. The first kappa shape index (κ1) is 13.8. The molecule has 1 atom stereocenters. The summed E-state index contributed by atoms with van der Waals surface area (Å²) in [4.78, 5) is 11.1. The summed E-state index contributed by atoms with van der Waals surface area (Å²) >= 11 is 0. The van der Waals surface area contributed by atoms with Crippen LogP contribution >= 0.6 is 0 Å². The van der Waals surface area contributed by atoms with Crippen LogP contribution in [0.2, 0.25) is 0 Å². The lowest BCUT2D eigenvalue weighted by Crippen LogP contribution is -2.37. The molecule has 2 aromatic rings. The van der Waals surface area contributed by atoms with Gasteiger partial charge in [0.05, 0.1) is 6.04 Å². The molecule has 0 radical (unpaired) electrons. The van der Waals surface area contributed by atoms with Crippen molar-refractivity contribution in [3.8, 4) is 11.1 Å². The number of nitrogens with one attached hydrogen (secondary N) is 1. The third-order valence-corrected chi connectivity index (χ3v) is 4.14. The predicted molar refractivity (Wildman–Crippen MR) is 83.0 cm³/mol. The van der Waals surface area contributed by atoms with E-state index in [0.717, 1.165) is 29.5 Å². The number of hydrogen-bond acceptors (Lipinski definition) is 2. The summed E-state index contributed by atoms with van der Waals surface area (Å²) in [5, 5.41) is 3.25. The molecule has 21 heavy (non-hydrogen) atoms. The van der Waals surface area contributed by atoms with Crippen LogP contribution in [0.4, 0.5) is 10.1 Å². The largest absolute Gasteiger partial charge is 0.375 e. The Balaban J connectivity index is 2.07. The number of fused-ring (bicyclic) bond motifs is 1. The number of benzene rings is 2. The summed E-state index contributed by atoms with van der Waals surface area (Å²) in [5.74, 6) is -0.233. The van der Waals surface area contributed by atoms with Gasteiger partial charge in [-0.15, -0.1) is 0 Å². The number of rotatable bonds is 2. The number of carbonyl (C=O) groups excluding carboxylic acids is 1. The molecule has 1 unspecified atom stereocenters. The van der Waals surface area contributed by atoms with Crippen LogP contribution in [-0.4, -0.2) is 12.3 Å². The van der Waals surface area contributed by atoms with E-state index in [1.165, 1.54) is 11.6 Å². The second-order valence-electron chi connectivity index (χ2n) is 6.25. The summed E-state index contributed by atoms with van der Waals surface area (Å²) in [6.45, 7) is 4.27. The first-order valence-electron chi connectivity index (χ1n) is 7.12. The van der Waals surface area contributed by atoms with E-state index in [2.05, 4.69) is 25.2 Å². The average molecular weight is 283 g/mol. The Morgan fingerprint density at radius 3 is 2.67 bits per heavy atom. The summed E-state index contributed by atoms with van der Waals surface area (Å²) in [6, 6.07) is 12.5. The van der Waals surface area contributed by atoms with Gasteiger partial charge in [0.1, 0.15) is 12.1 Å². The highest BCUT2D eigenvalue weighted by Crippen LogP contribution is 2.40. The minimum absolute atomic E-state index is 0.0878. The van der Waals surface area contributed by atoms with E-state index in [9.17, 15) is 9.18 Å². The standard InChI is InChI=1S/C18H18FNO/c1-18(2)10-15(11-21)20-17-7-6-13(9-16(17)18)12-4-3-5-14(19)8-12/h3-9,11,15,20H,10H2,1-2H3. The maximum atomic E-state index is 13.4. The van der Waals surface area contributed by atoms with Crippen molar-refractivity contribution in [2.24, 2.45) is 0 Å². The fourth-order valence-electron chi connectivity index (χ4n) is 3.07. The van der Waals surface area contributed by atoms with Crippen molar-refractivity contribution in [3.05, 3.63) is 53.8 Å². The van der Waals surface area contributed by atoms with Gasteiger partial charge >= 0.3 is 0 Å². The molecule has 0 fully saturated rings. The predicted octanol–water partition coefficient (Wildman–Crippen LogP) is 4.15. The zero-order chi connectivity index (χ0) is 15.0. The molecular formula is C18H18FNO. The molecule has 0 amide bonds. The zero-order valence-corrected chi connectivity index (χ0v) is 12.2. The molecule has 0 saturated heterocycles. The molecule has 3 rings (SSSR count). The van der Waals surface area contributed by atoms with E-state index in [4.69, 9.17) is 0 Å². The van der Waals surface area contributed by atoms with Crippen molar-refractivity contribution < 1.29 is 9.18 Å². The Bertz CT molecular complexity index is 693. The molecule has 2 aromatic carbocycles. The fraction of sp³-hybridized carbons (Fsp3) is 0.278. The summed E-state index contributed by atoms with van der Waals surface area (Å²) in [7, 11) is 0. The van der Waals surface area contributed by atoms with Gasteiger partial charge < -0.3 is 10.1 Å². The van der Waals surface area contributed by atoms with E-state index in [1.54, 1.807) is 12.1 Å². The maximum Gasteiger partial charge on any atom is 0.142 e. The van der Waals surface area contributed by atoms with Gasteiger partial charge in [-0.05, 0) is 52.8 Å². The van der Waals surface area contributed by atoms with Crippen LogP contribution in [0, 0.1) is 5.82 Å². The van der Waals surface area contributed by atoms with Crippen molar-refractivity contribution in [2.75, 3.05) is 5.32 Å². The summed E-state index contributed by atoms with van der Waals surface area (Å²) in [5.41, 5.74) is 3.93. The minimum Gasteiger partial charge on any atom is -0.375 e. The Kier molecular flexibility index (Phi) is 3.28. The van der Waals surface area contributed by atoms with Gasteiger partial charge in [0.15, 0.2) is 0 Å². The second kappa shape index (κ2) is 4.99. The van der Waals surface area contributed by atoms with Crippen LogP contribution in [0.15, 0.2) is 42.5 Å². The van der Waals surface area contributed by atoms with Crippen LogP contribution < -0.4 is 5.32 Å². The molecule has 0 spiro atoms. The van der Waals surface area contributed by atoms with Gasteiger partial charge in [0.25, 0.3) is 0 Å². The Hall–Kier alpha value is -2.16. The van der Waals surface area contributed by atoms with E-state index < -0.39 is 0 Å². The number of carbonyl (C=O) groups is 1. The lowest BCUT2D eigenvalue weighted by Gasteiger charge is -2.37. The van der Waals surface area contributed by atoms with Crippen LogP contribution in [0.1, 0.15) is 25.8 Å². The van der Waals surface area contributed by atoms with Gasteiger partial charge in [-0.3, -0.25) is 0 Å². The summed E-state index contributed by atoms with van der Waals surface area (Å²) in [6.07, 6.45) is 1.72. The van der Waals surface area contributed by atoms with Crippen molar-refractivity contribution in [3.63, 3.8) is 0 Å². The molecule has 1 heterocycles. The van der Waals surface area contributed by atoms with Crippen LogP contribution in [0.3, 0.4) is 0 Å². The van der Waals surface area contributed by atoms with Gasteiger partial charge in [-0.1, -0.05) is 32.0 Å². The number of anilines is 1. The van der Waals surface area contributed by atoms with Crippen molar-refractivity contribution in [2.45, 2.75) is 31.7 Å². The molecule has 3 heteroatoms. The molecule has 1 N–H and O–H groups in total. The minimum atomic E-state index is -0.233. The Morgan fingerprint density at radius 1 is 1.19 bits per heavy atom. The van der Waals surface area contributed by atoms with Gasteiger partial charge in [-0.2, -0.15) is 0 Å². The number of hydrogen-bond donors (Lipinski definition) is 1. The third kappa shape index (κ3) is 2.56. The fourth-order valence-corrected chi connectivity index (χ4v) is 3.07. The van der Waals surface area contributed by atoms with E-state index in [0.29, 0.717) is 0 Å². The normalized spacial score (nSPS) is 19.5. The Morgan fingerprint density at radius 2 is 1.95 bits per heavy atom. The van der Waals surface area contributed by atoms with E-state index >= 15 is 0 Å². The second-order valence-corrected chi connectivity index (χ2v) is 6.25. The third-order valence-electron chi connectivity index (χ3n) is 4.14. The average Bonchev–Trinajstić information content (AvgIpc) is 2.46. The lowest BCUT2D eigenvalue weighted by atomic mass is 9.75. The molecule has 1 aliphatic heterocycles. The molecule has 0 aliphatic carbocycles. The van der Waals surface area contributed by atoms with Crippen LogP contribution in [-0.2, 0) is 10.2 Å². The molecule has 2 nitrogen and oxygen atoms in total. The molecule has 0 aromatic heterocycles. The highest BCUT2D eigenvalue weighted by atomic mass is 19.1. The highest BCUT2D eigenvalue weighted by Gasteiger charge is 2.32. The SMILES string of the molecule is CC1(C)CC(C=O)Nc2ccc(-c3cccc(F)c3)cc21. The van der Waals surface area contributed by atoms with E-state index in [-0.39, 0.29) is 17.3 Å². The molecular weight excluding hydrogens is 265 g/mol. The monoisotopic (exact) mass is 283 g/mol. The molecule has 108 valence electrons. The topological polar surface area (TPSA) is 29.1 Å². The van der Waals surface area contributed by atoms with Crippen LogP contribution in [0.25, 0.3) is 11.1 Å². The Labute approximate surface area is 124 Å². The first-order valence-corrected chi connectivity index (χ1v) is 7.12. The van der Waals surface area contributed by atoms with Crippen molar-refractivity contribution in [1.82, 2.24) is 0 Å². The van der Waals surface area contributed by atoms with Crippen LogP contribution in [0.5, 0.6) is 0 Å². The highest BCUT2D eigenvalue weighted by molar-refractivity contribution is 5.74. The number of aldehydes is 1. The van der Waals surface area contributed by atoms with Crippen molar-refractivity contribution >= 4 is 12.0 Å². The summed E-state index contributed by atoms with van der Waals surface area (Å²) < 4.78 is 13.4. The molecule has 0 saturated carbocycles. The zero-order valence-electron chi connectivity index (χ0n) is 12.2. The number of halogens is 1. The lowest BCUT2D eigenvalue weighted by molar-refractivity contribution is -0.108. The molecule has 0 bridgehead atoms. The smallest absolute Gasteiger partial charge is 0.142 e. The van der Waals surface area contributed by atoms with Gasteiger partial charge in [-0.25, -0.2) is 4.39 Å². The first-order chi connectivity index (χ1) is 9.99. The van der Waals surface area contributed by atoms with Gasteiger partial charge in [0.2, 0.25) is 0 Å². The quantitative estimate of drug-likeness (QED) is 0.839. The van der Waals surface area contributed by atoms with E-state index in [1.807, 2.05) is 18.2 Å².